The highest BCUT2D eigenvalue weighted by atomic mass is 16.3. The van der Waals surface area contributed by atoms with Crippen molar-refractivity contribution in [3.63, 3.8) is 0 Å². The number of amides is 1. The normalized spacial score (nSPS) is 22.8. The van der Waals surface area contributed by atoms with Gasteiger partial charge in [0.05, 0.1) is 5.56 Å². The number of furan rings is 1. The molecule has 0 unspecified atom stereocenters. The van der Waals surface area contributed by atoms with Crippen LogP contribution in [0.5, 0.6) is 0 Å². The number of aromatic nitrogens is 2. The third-order valence-corrected chi connectivity index (χ3v) is 5.55. The van der Waals surface area contributed by atoms with Crippen LogP contribution in [0.3, 0.4) is 0 Å². The lowest BCUT2D eigenvalue weighted by atomic mass is 9.94. The predicted octanol–water partition coefficient (Wildman–Crippen LogP) is 3.24. The van der Waals surface area contributed by atoms with Crippen molar-refractivity contribution in [1.82, 2.24) is 14.9 Å². The van der Waals surface area contributed by atoms with E-state index in [1.54, 1.807) is 12.4 Å². The second kappa shape index (κ2) is 6.74. The van der Waals surface area contributed by atoms with E-state index in [0.29, 0.717) is 11.5 Å². The number of anilines is 1. The number of hydrogen-bond acceptors (Lipinski definition) is 5. The summed E-state index contributed by atoms with van der Waals surface area (Å²) in [5.74, 6) is 3.20. The minimum absolute atomic E-state index is 0.101. The molecule has 2 aromatic heterocycles. The number of fused-ring (bicyclic) bond motifs is 4. The van der Waals surface area contributed by atoms with Gasteiger partial charge in [-0.05, 0) is 37.8 Å². The molecule has 0 N–H and O–H groups in total. The SMILES string of the molecule is Cc1oc(C(C)C)cc1C(=O)N1C[C@@H]2CC[C@H]1CN(c1ncccn1)C2. The van der Waals surface area contributed by atoms with Gasteiger partial charge in [0.15, 0.2) is 0 Å². The van der Waals surface area contributed by atoms with Gasteiger partial charge < -0.3 is 14.2 Å². The van der Waals surface area contributed by atoms with Gasteiger partial charge in [0.2, 0.25) is 5.95 Å². The summed E-state index contributed by atoms with van der Waals surface area (Å²) >= 11 is 0. The number of hydrogen-bond donors (Lipinski definition) is 0. The highest BCUT2D eigenvalue weighted by molar-refractivity contribution is 5.95. The van der Waals surface area contributed by atoms with Gasteiger partial charge in [-0.3, -0.25) is 4.79 Å². The van der Waals surface area contributed by atoms with Gasteiger partial charge in [-0.1, -0.05) is 13.8 Å². The predicted molar refractivity (Wildman–Crippen MR) is 99.3 cm³/mol. The number of rotatable bonds is 3. The fourth-order valence-electron chi connectivity index (χ4n) is 4.11. The second-order valence-electron chi connectivity index (χ2n) is 7.78. The van der Waals surface area contributed by atoms with Gasteiger partial charge in [-0.25, -0.2) is 9.97 Å². The molecule has 3 aliphatic heterocycles. The zero-order valence-corrected chi connectivity index (χ0v) is 15.7. The average molecular weight is 354 g/mol. The Labute approximate surface area is 154 Å². The topological polar surface area (TPSA) is 62.5 Å². The lowest BCUT2D eigenvalue weighted by Crippen LogP contribution is -2.47. The van der Waals surface area contributed by atoms with Crippen LogP contribution in [-0.2, 0) is 0 Å². The lowest BCUT2D eigenvalue weighted by Gasteiger charge is -2.36. The Morgan fingerprint density at radius 2 is 1.96 bits per heavy atom. The maximum absolute atomic E-state index is 13.3. The molecule has 26 heavy (non-hydrogen) atoms. The Morgan fingerprint density at radius 3 is 2.65 bits per heavy atom. The highest BCUT2D eigenvalue weighted by Gasteiger charge is 2.39. The largest absolute Gasteiger partial charge is 0.465 e. The highest BCUT2D eigenvalue weighted by Crippen LogP contribution is 2.32. The molecule has 5 heterocycles. The Bertz CT molecular complexity index is 786. The second-order valence-corrected chi connectivity index (χ2v) is 7.78. The average Bonchev–Trinajstić information content (AvgIpc) is 2.82. The third kappa shape index (κ3) is 3.08. The van der Waals surface area contributed by atoms with Gasteiger partial charge in [-0.15, -0.1) is 0 Å². The van der Waals surface area contributed by atoms with Crippen LogP contribution >= 0.6 is 0 Å². The first-order chi connectivity index (χ1) is 12.5. The van der Waals surface area contributed by atoms with Gasteiger partial charge in [-0.2, -0.15) is 0 Å². The van der Waals surface area contributed by atoms with Crippen LogP contribution in [0.25, 0.3) is 0 Å². The quantitative estimate of drug-likeness (QED) is 0.847. The number of aryl methyl sites for hydroxylation is 1. The van der Waals surface area contributed by atoms with Crippen LogP contribution < -0.4 is 4.90 Å². The Morgan fingerprint density at radius 1 is 1.19 bits per heavy atom. The Balaban J connectivity index is 1.58. The summed E-state index contributed by atoms with van der Waals surface area (Å²) < 4.78 is 5.81. The summed E-state index contributed by atoms with van der Waals surface area (Å²) in [6.45, 7) is 8.55. The first-order valence-electron chi connectivity index (χ1n) is 9.46. The summed E-state index contributed by atoms with van der Waals surface area (Å²) in [6, 6.07) is 3.96. The van der Waals surface area contributed by atoms with Crippen LogP contribution in [0.15, 0.2) is 28.9 Å². The van der Waals surface area contributed by atoms with E-state index in [-0.39, 0.29) is 17.9 Å². The van der Waals surface area contributed by atoms with Crippen molar-refractivity contribution in [1.29, 1.82) is 0 Å². The van der Waals surface area contributed by atoms with Crippen LogP contribution in [-0.4, -0.2) is 46.5 Å². The number of carbonyl (C=O) groups is 1. The molecule has 0 aromatic carbocycles. The zero-order valence-electron chi connectivity index (χ0n) is 15.7. The maximum atomic E-state index is 13.3. The third-order valence-electron chi connectivity index (χ3n) is 5.55. The van der Waals surface area contributed by atoms with Crippen LogP contribution in [0, 0.1) is 12.8 Å². The summed E-state index contributed by atoms with van der Waals surface area (Å²) in [5, 5.41) is 0. The summed E-state index contributed by atoms with van der Waals surface area (Å²) in [5.41, 5.74) is 0.712. The van der Waals surface area contributed by atoms with E-state index in [4.69, 9.17) is 4.42 Å². The van der Waals surface area contributed by atoms with Crippen molar-refractivity contribution >= 4 is 11.9 Å². The lowest BCUT2D eigenvalue weighted by molar-refractivity contribution is 0.0590. The molecule has 138 valence electrons. The van der Waals surface area contributed by atoms with Crippen molar-refractivity contribution in [3.8, 4) is 0 Å². The molecule has 1 amide bonds. The van der Waals surface area contributed by atoms with Crippen molar-refractivity contribution in [2.45, 2.75) is 45.6 Å². The smallest absolute Gasteiger partial charge is 0.257 e. The summed E-state index contributed by atoms with van der Waals surface area (Å²) in [7, 11) is 0. The number of carbonyl (C=O) groups excluding carboxylic acids is 1. The van der Waals surface area contributed by atoms with E-state index < -0.39 is 0 Å². The van der Waals surface area contributed by atoms with E-state index in [9.17, 15) is 4.79 Å². The Hall–Kier alpha value is -2.37. The van der Waals surface area contributed by atoms with E-state index in [1.165, 1.54) is 0 Å². The molecule has 5 rings (SSSR count). The summed E-state index contributed by atoms with van der Waals surface area (Å²) in [4.78, 5) is 26.4. The maximum Gasteiger partial charge on any atom is 0.257 e. The van der Waals surface area contributed by atoms with Crippen LogP contribution in [0.1, 0.15) is 54.5 Å². The van der Waals surface area contributed by atoms with Gasteiger partial charge in [0.25, 0.3) is 5.91 Å². The zero-order chi connectivity index (χ0) is 18.3. The van der Waals surface area contributed by atoms with Gasteiger partial charge >= 0.3 is 0 Å². The number of piperidine rings is 1. The molecule has 0 aliphatic carbocycles. The molecular formula is C20H26N4O2. The fourth-order valence-corrected chi connectivity index (χ4v) is 4.11. The molecule has 3 aliphatic rings. The number of nitrogens with zero attached hydrogens (tertiary/aromatic N) is 4. The molecular weight excluding hydrogens is 328 g/mol. The molecule has 6 nitrogen and oxygen atoms in total. The molecule has 2 bridgehead atoms. The van der Waals surface area contributed by atoms with Gasteiger partial charge in [0.1, 0.15) is 11.5 Å². The van der Waals surface area contributed by atoms with Crippen molar-refractivity contribution in [2.24, 2.45) is 5.92 Å². The minimum Gasteiger partial charge on any atom is -0.465 e. The molecule has 2 atom stereocenters. The van der Waals surface area contributed by atoms with E-state index in [0.717, 1.165) is 49.9 Å². The summed E-state index contributed by atoms with van der Waals surface area (Å²) in [6.07, 6.45) is 5.74. The monoisotopic (exact) mass is 354 g/mol. The minimum atomic E-state index is 0.101. The van der Waals surface area contributed by atoms with Gasteiger partial charge in [0, 0.05) is 44.0 Å². The van der Waals surface area contributed by atoms with Crippen molar-refractivity contribution < 1.29 is 9.21 Å². The Kier molecular flexibility index (Phi) is 4.42. The first kappa shape index (κ1) is 17.1. The van der Waals surface area contributed by atoms with Crippen molar-refractivity contribution in [2.75, 3.05) is 24.5 Å². The molecule has 0 radical (unpaired) electrons. The molecule has 3 fully saturated rings. The standard InChI is InChI=1S/C20H26N4O2/c1-13(2)18-9-17(14(3)26-18)19(25)24-11-15-5-6-16(24)12-23(10-15)20-21-7-4-8-22-20/h4,7-9,13,15-16H,5-6,10-12H2,1-3H3/t15-,16+/m1/s1. The van der Waals surface area contributed by atoms with Crippen LogP contribution in [0.4, 0.5) is 5.95 Å². The van der Waals surface area contributed by atoms with Crippen LogP contribution in [0.2, 0.25) is 0 Å². The van der Waals surface area contributed by atoms with E-state index >= 15 is 0 Å². The molecule has 0 saturated carbocycles. The first-order valence-corrected chi connectivity index (χ1v) is 9.46. The molecule has 2 aromatic rings. The molecule has 3 saturated heterocycles. The van der Waals surface area contributed by atoms with Crippen molar-refractivity contribution in [3.05, 3.63) is 41.6 Å². The van der Waals surface area contributed by atoms with E-state index in [1.807, 2.05) is 19.1 Å². The van der Waals surface area contributed by atoms with E-state index in [2.05, 4.69) is 33.6 Å². The molecule has 0 spiro atoms. The fraction of sp³-hybridized carbons (Fsp3) is 0.550. The molecule has 6 heteroatoms.